The van der Waals surface area contributed by atoms with E-state index in [0.29, 0.717) is 27.5 Å². The fourth-order valence-electron chi connectivity index (χ4n) is 4.52. The van der Waals surface area contributed by atoms with Gasteiger partial charge >= 0.3 is 0 Å². The van der Waals surface area contributed by atoms with Crippen molar-refractivity contribution >= 4 is 51.5 Å². The quantitative estimate of drug-likeness (QED) is 0.179. The molecule has 9 heteroatoms. The number of ether oxygens (including phenoxy) is 1. The lowest BCUT2D eigenvalue weighted by atomic mass is 10.1. The number of rotatable bonds is 9. The van der Waals surface area contributed by atoms with Crippen LogP contribution in [-0.2, 0) is 9.57 Å². The van der Waals surface area contributed by atoms with Crippen LogP contribution >= 0.6 is 23.2 Å². The summed E-state index contributed by atoms with van der Waals surface area (Å²) in [6.45, 7) is 8.48. The molecule has 7 nitrogen and oxygen atoms in total. The Labute approximate surface area is 283 Å². The Morgan fingerprint density at radius 1 is 1.02 bits per heavy atom. The number of nitrogens with zero attached hydrogens (tertiary/aromatic N) is 3. The Morgan fingerprint density at radius 3 is 2.46 bits per heavy atom. The average molecular weight is 666 g/mol. The van der Waals surface area contributed by atoms with Gasteiger partial charge in [0.1, 0.15) is 0 Å². The predicted octanol–water partition coefficient (Wildman–Crippen LogP) is 10.5. The van der Waals surface area contributed by atoms with Gasteiger partial charge in [0, 0.05) is 42.1 Å². The van der Waals surface area contributed by atoms with E-state index < -0.39 is 0 Å². The number of hydrogen-bond donors (Lipinski definition) is 1. The summed E-state index contributed by atoms with van der Waals surface area (Å²) in [5, 5.41) is 6.25. The van der Waals surface area contributed by atoms with Gasteiger partial charge in [0.2, 0.25) is 0 Å². The molecule has 1 N–H and O–H groups in total. The van der Waals surface area contributed by atoms with E-state index in [1.807, 2.05) is 79.6 Å². The zero-order valence-electron chi connectivity index (χ0n) is 27.4. The first kappa shape index (κ1) is 37.0. The summed E-state index contributed by atoms with van der Waals surface area (Å²) in [6.07, 6.45) is 12.1. The van der Waals surface area contributed by atoms with Gasteiger partial charge in [-0.15, -0.1) is 0 Å². The Bertz CT molecular complexity index is 1510. The first-order chi connectivity index (χ1) is 22.4. The lowest BCUT2D eigenvalue weighted by molar-refractivity contribution is 0.102. The number of allylic oxidation sites excluding steroid dienone is 2. The van der Waals surface area contributed by atoms with E-state index >= 15 is 0 Å². The number of para-hydroxylation sites is 2. The number of carbonyl (C=O) groups excluding carboxylic acids is 1. The number of benzene rings is 3. The van der Waals surface area contributed by atoms with E-state index in [1.54, 1.807) is 25.4 Å². The Balaban J connectivity index is 0.000000375. The fraction of sp³-hybridized carbons (Fsp3) is 0.378. The van der Waals surface area contributed by atoms with Gasteiger partial charge in [0.25, 0.3) is 5.91 Å². The van der Waals surface area contributed by atoms with Crippen LogP contribution in [0.15, 0.2) is 84.0 Å². The van der Waals surface area contributed by atoms with Crippen LogP contribution in [0.25, 0.3) is 22.3 Å². The van der Waals surface area contributed by atoms with Crippen LogP contribution < -0.4 is 10.4 Å². The third-order valence-electron chi connectivity index (χ3n) is 7.22. The Morgan fingerprint density at radius 2 is 1.76 bits per heavy atom. The van der Waals surface area contributed by atoms with Crippen LogP contribution in [0, 0.1) is 0 Å². The lowest BCUT2D eigenvalue weighted by Crippen LogP contribution is -2.23. The number of nitrogens with one attached hydrogen (secondary N) is 1. The maximum atomic E-state index is 12.8. The van der Waals surface area contributed by atoms with Crippen molar-refractivity contribution in [2.24, 2.45) is 0 Å². The van der Waals surface area contributed by atoms with Gasteiger partial charge in [0.15, 0.2) is 0 Å². The summed E-state index contributed by atoms with van der Waals surface area (Å²) in [5.74, 6) is -0.198. The third kappa shape index (κ3) is 12.4. The Hall–Kier alpha value is -3.49. The third-order valence-corrected chi connectivity index (χ3v) is 7.77. The monoisotopic (exact) mass is 664 g/mol. The van der Waals surface area contributed by atoms with Crippen LogP contribution in [0.1, 0.15) is 76.1 Å². The summed E-state index contributed by atoms with van der Waals surface area (Å²) in [4.78, 5) is 27.8. The smallest absolute Gasteiger partial charge is 0.255 e. The average Bonchev–Trinajstić information content (AvgIpc) is 3.38. The van der Waals surface area contributed by atoms with E-state index in [1.165, 1.54) is 32.1 Å². The van der Waals surface area contributed by atoms with Crippen molar-refractivity contribution in [1.29, 1.82) is 0 Å². The molecule has 246 valence electrons. The maximum Gasteiger partial charge on any atom is 0.255 e. The molecule has 1 aliphatic rings. The number of hydrogen-bond acceptors (Lipinski definition) is 6. The van der Waals surface area contributed by atoms with Crippen molar-refractivity contribution in [2.45, 2.75) is 65.7 Å². The standard InChI is InChI=1S/C26H23ClN4O2.C7H16O.C4H7Cl/c27-22-13-10-19(16-21(22)25-17-28-23-6-2-3-7-24(23)30-25)29-26(32)18-8-11-20(12-9-18)31-14-4-1-5-15-33-31;1-3-4-5-6-7-8-2;1-3-4(2)5/h2-3,6-13,16-17H,1,4-5,14-15H2,(H,29,32);3-7H2,1-2H3;3H,1-2H3/b;;4-3+. The Kier molecular flexibility index (Phi) is 16.6. The minimum Gasteiger partial charge on any atom is -0.385 e. The van der Waals surface area contributed by atoms with Crippen LogP contribution in [0.5, 0.6) is 0 Å². The van der Waals surface area contributed by atoms with Crippen molar-refractivity contribution in [3.05, 3.63) is 94.6 Å². The fourth-order valence-corrected chi connectivity index (χ4v) is 4.73. The van der Waals surface area contributed by atoms with Crippen LogP contribution in [0.2, 0.25) is 5.02 Å². The largest absolute Gasteiger partial charge is 0.385 e. The van der Waals surface area contributed by atoms with Crippen molar-refractivity contribution in [3.8, 4) is 11.3 Å². The molecule has 0 aliphatic carbocycles. The molecule has 1 saturated heterocycles. The van der Waals surface area contributed by atoms with Gasteiger partial charge in [-0.1, -0.05) is 67.6 Å². The van der Waals surface area contributed by atoms with E-state index in [4.69, 9.17) is 32.8 Å². The number of hydroxylamine groups is 1. The summed E-state index contributed by atoms with van der Waals surface area (Å²) >= 11 is 11.8. The van der Waals surface area contributed by atoms with E-state index in [2.05, 4.69) is 22.2 Å². The molecule has 0 radical (unpaired) electrons. The molecule has 1 aromatic heterocycles. The van der Waals surface area contributed by atoms with E-state index in [-0.39, 0.29) is 5.91 Å². The lowest BCUT2D eigenvalue weighted by Gasteiger charge is -2.21. The molecule has 0 spiro atoms. The molecule has 1 aliphatic heterocycles. The van der Waals surface area contributed by atoms with Gasteiger partial charge in [-0.25, -0.2) is 4.98 Å². The molecule has 4 aromatic rings. The second-order valence-corrected chi connectivity index (χ2v) is 11.9. The summed E-state index contributed by atoms with van der Waals surface area (Å²) in [7, 11) is 1.76. The van der Waals surface area contributed by atoms with Crippen molar-refractivity contribution < 1.29 is 14.4 Å². The van der Waals surface area contributed by atoms with Gasteiger partial charge in [-0.3, -0.25) is 19.7 Å². The number of amides is 1. The molecule has 2 heterocycles. The summed E-state index contributed by atoms with van der Waals surface area (Å²) in [5.41, 5.74) is 5.12. The molecule has 0 saturated carbocycles. The number of halogens is 2. The minimum absolute atomic E-state index is 0.198. The first-order valence-corrected chi connectivity index (χ1v) is 16.7. The summed E-state index contributed by atoms with van der Waals surface area (Å²) in [6, 6.07) is 20.5. The molecule has 0 bridgehead atoms. The molecule has 5 rings (SSSR count). The zero-order chi connectivity index (χ0) is 33.1. The molecular formula is C37H46Cl2N4O3. The number of unbranched alkanes of at least 4 members (excludes halogenated alkanes) is 3. The normalized spacial score (nSPS) is 13.2. The van der Waals surface area contributed by atoms with Gasteiger partial charge < -0.3 is 10.1 Å². The number of methoxy groups -OCH3 is 1. The highest BCUT2D eigenvalue weighted by atomic mass is 35.5. The number of anilines is 2. The first-order valence-electron chi connectivity index (χ1n) is 16.0. The van der Waals surface area contributed by atoms with Crippen LogP contribution in [0.3, 0.4) is 0 Å². The number of fused-ring (bicyclic) bond motifs is 1. The molecule has 0 unspecified atom stereocenters. The number of carbonyl (C=O) groups is 1. The minimum atomic E-state index is -0.198. The molecule has 46 heavy (non-hydrogen) atoms. The number of aromatic nitrogens is 2. The van der Waals surface area contributed by atoms with E-state index in [0.717, 1.165) is 54.4 Å². The maximum absolute atomic E-state index is 12.8. The molecule has 0 atom stereocenters. The second-order valence-electron chi connectivity index (χ2n) is 10.9. The zero-order valence-corrected chi connectivity index (χ0v) is 28.9. The highest BCUT2D eigenvalue weighted by Crippen LogP contribution is 2.30. The molecule has 1 fully saturated rings. The topological polar surface area (TPSA) is 76.6 Å². The van der Waals surface area contributed by atoms with Crippen molar-refractivity contribution in [3.63, 3.8) is 0 Å². The molecule has 1 amide bonds. The highest BCUT2D eigenvalue weighted by molar-refractivity contribution is 6.33. The van der Waals surface area contributed by atoms with Gasteiger partial charge in [-0.2, -0.15) is 0 Å². The predicted molar refractivity (Wildman–Crippen MR) is 193 cm³/mol. The van der Waals surface area contributed by atoms with Gasteiger partial charge in [0.05, 0.1) is 40.2 Å². The second kappa shape index (κ2) is 20.6. The van der Waals surface area contributed by atoms with Crippen LogP contribution in [-0.4, -0.2) is 42.7 Å². The summed E-state index contributed by atoms with van der Waals surface area (Å²) < 4.78 is 4.89. The van der Waals surface area contributed by atoms with Crippen molar-refractivity contribution in [1.82, 2.24) is 9.97 Å². The molecular weight excluding hydrogens is 619 g/mol. The molecule has 3 aromatic carbocycles. The van der Waals surface area contributed by atoms with Crippen LogP contribution in [0.4, 0.5) is 11.4 Å². The SMILES string of the molecule is C/C=C(\C)Cl.CCCCCCOC.O=C(Nc1ccc(Cl)c(-c2cnc3ccccc3n2)c1)c1ccc(N2CCCCCO2)cc1. The highest BCUT2D eigenvalue weighted by Gasteiger charge is 2.14. The van der Waals surface area contributed by atoms with E-state index in [9.17, 15) is 4.79 Å². The van der Waals surface area contributed by atoms with Gasteiger partial charge in [-0.05, 0) is 94.1 Å². The van der Waals surface area contributed by atoms with Crippen molar-refractivity contribution in [2.75, 3.05) is 37.2 Å².